The summed E-state index contributed by atoms with van der Waals surface area (Å²) in [5, 5.41) is 6.00. The maximum atomic E-state index is 11.8. The number of ether oxygens (including phenoxy) is 1. The fourth-order valence-electron chi connectivity index (χ4n) is 1.71. The first-order valence-electron chi connectivity index (χ1n) is 7.32. The summed E-state index contributed by atoms with van der Waals surface area (Å²) >= 11 is 5.98. The van der Waals surface area contributed by atoms with Gasteiger partial charge in [0.1, 0.15) is 11.8 Å². The van der Waals surface area contributed by atoms with Crippen LogP contribution in [0.1, 0.15) is 32.8 Å². The van der Waals surface area contributed by atoms with Crippen LogP contribution >= 0.6 is 11.6 Å². The second-order valence-corrected chi connectivity index (χ2v) is 5.67. The minimum Gasteiger partial charge on any atom is -0.483 e. The van der Waals surface area contributed by atoms with Crippen LogP contribution in [0.3, 0.4) is 0 Å². The Morgan fingerprint density at radius 2 is 1.95 bits per heavy atom. The van der Waals surface area contributed by atoms with Gasteiger partial charge in [-0.15, -0.1) is 0 Å². The van der Waals surface area contributed by atoms with E-state index in [1.165, 1.54) is 0 Å². The van der Waals surface area contributed by atoms with E-state index in [1.54, 1.807) is 25.1 Å². The summed E-state index contributed by atoms with van der Waals surface area (Å²) in [5.41, 5.74) is 0.777. The Balaban J connectivity index is 2.46. The molecule has 0 heterocycles. The SMILES string of the molecule is CCC(C)NC(=O)C(C)NC(=O)COc1cccc(Cl)c1C. The van der Waals surface area contributed by atoms with Crippen molar-refractivity contribution in [3.05, 3.63) is 28.8 Å². The Hall–Kier alpha value is -1.75. The zero-order valence-electron chi connectivity index (χ0n) is 13.4. The van der Waals surface area contributed by atoms with Gasteiger partial charge in [-0.1, -0.05) is 24.6 Å². The molecular weight excluding hydrogens is 304 g/mol. The molecular formula is C16H23ClN2O3. The third-order valence-corrected chi connectivity index (χ3v) is 3.76. The van der Waals surface area contributed by atoms with Gasteiger partial charge in [-0.3, -0.25) is 9.59 Å². The van der Waals surface area contributed by atoms with Crippen LogP contribution in [0.5, 0.6) is 5.75 Å². The van der Waals surface area contributed by atoms with E-state index in [-0.39, 0.29) is 24.5 Å². The highest BCUT2D eigenvalue weighted by molar-refractivity contribution is 6.31. The van der Waals surface area contributed by atoms with Gasteiger partial charge in [0, 0.05) is 16.6 Å². The third kappa shape index (κ3) is 5.56. The van der Waals surface area contributed by atoms with Gasteiger partial charge in [-0.05, 0) is 39.3 Å². The van der Waals surface area contributed by atoms with Gasteiger partial charge in [-0.2, -0.15) is 0 Å². The lowest BCUT2D eigenvalue weighted by Crippen LogP contribution is -2.48. The van der Waals surface area contributed by atoms with Crippen LogP contribution in [0.4, 0.5) is 0 Å². The van der Waals surface area contributed by atoms with Crippen molar-refractivity contribution in [1.29, 1.82) is 0 Å². The van der Waals surface area contributed by atoms with Gasteiger partial charge < -0.3 is 15.4 Å². The zero-order chi connectivity index (χ0) is 16.7. The predicted molar refractivity (Wildman–Crippen MR) is 87.2 cm³/mol. The van der Waals surface area contributed by atoms with Crippen molar-refractivity contribution in [2.24, 2.45) is 0 Å². The molecule has 0 radical (unpaired) electrons. The first-order valence-corrected chi connectivity index (χ1v) is 7.70. The maximum Gasteiger partial charge on any atom is 0.258 e. The smallest absolute Gasteiger partial charge is 0.258 e. The monoisotopic (exact) mass is 326 g/mol. The lowest BCUT2D eigenvalue weighted by molar-refractivity contribution is -0.129. The van der Waals surface area contributed by atoms with Gasteiger partial charge in [0.15, 0.2) is 6.61 Å². The second kappa shape index (κ2) is 8.63. The molecule has 0 saturated carbocycles. The van der Waals surface area contributed by atoms with Crippen molar-refractivity contribution in [1.82, 2.24) is 10.6 Å². The third-order valence-electron chi connectivity index (χ3n) is 3.35. The number of amides is 2. The predicted octanol–water partition coefficient (Wildman–Crippen LogP) is 2.45. The molecule has 2 atom stereocenters. The van der Waals surface area contributed by atoms with E-state index in [1.807, 2.05) is 20.8 Å². The van der Waals surface area contributed by atoms with Crippen LogP contribution < -0.4 is 15.4 Å². The largest absolute Gasteiger partial charge is 0.483 e. The molecule has 1 aromatic rings. The lowest BCUT2D eigenvalue weighted by Gasteiger charge is -2.17. The van der Waals surface area contributed by atoms with E-state index in [0.717, 1.165) is 12.0 Å². The van der Waals surface area contributed by atoms with Crippen LogP contribution in [0.25, 0.3) is 0 Å². The first kappa shape index (κ1) is 18.3. The lowest BCUT2D eigenvalue weighted by atomic mass is 10.2. The summed E-state index contributed by atoms with van der Waals surface area (Å²) in [4.78, 5) is 23.7. The highest BCUT2D eigenvalue weighted by atomic mass is 35.5. The molecule has 5 nitrogen and oxygen atoms in total. The van der Waals surface area contributed by atoms with E-state index < -0.39 is 6.04 Å². The molecule has 0 bridgehead atoms. The number of benzene rings is 1. The molecule has 122 valence electrons. The normalized spacial score (nSPS) is 13.1. The van der Waals surface area contributed by atoms with Crippen molar-refractivity contribution >= 4 is 23.4 Å². The number of hydrogen-bond acceptors (Lipinski definition) is 3. The Labute approximate surface area is 136 Å². The molecule has 2 unspecified atom stereocenters. The Morgan fingerprint density at radius 3 is 2.59 bits per heavy atom. The number of nitrogens with one attached hydrogen (secondary N) is 2. The average molecular weight is 327 g/mol. The molecule has 0 aromatic heterocycles. The van der Waals surface area contributed by atoms with Crippen molar-refractivity contribution < 1.29 is 14.3 Å². The molecule has 2 amide bonds. The number of carbonyl (C=O) groups excluding carboxylic acids is 2. The van der Waals surface area contributed by atoms with Gasteiger partial charge in [0.2, 0.25) is 5.91 Å². The van der Waals surface area contributed by atoms with Gasteiger partial charge in [-0.25, -0.2) is 0 Å². The minimum atomic E-state index is -0.606. The quantitative estimate of drug-likeness (QED) is 0.808. The molecule has 0 aliphatic rings. The summed E-state index contributed by atoms with van der Waals surface area (Å²) in [6, 6.07) is 4.73. The summed E-state index contributed by atoms with van der Waals surface area (Å²) in [6.45, 7) is 7.19. The average Bonchev–Trinajstić information content (AvgIpc) is 2.48. The van der Waals surface area contributed by atoms with Crippen LogP contribution in [0.2, 0.25) is 5.02 Å². The summed E-state index contributed by atoms with van der Waals surface area (Å²) < 4.78 is 5.43. The van der Waals surface area contributed by atoms with Gasteiger partial charge >= 0.3 is 0 Å². The Kier molecular flexibility index (Phi) is 7.18. The van der Waals surface area contributed by atoms with Crippen LogP contribution in [-0.2, 0) is 9.59 Å². The van der Waals surface area contributed by atoms with Crippen molar-refractivity contribution in [3.63, 3.8) is 0 Å². The van der Waals surface area contributed by atoms with Crippen LogP contribution in [-0.4, -0.2) is 30.5 Å². The maximum absolute atomic E-state index is 11.8. The molecule has 1 rings (SSSR count). The second-order valence-electron chi connectivity index (χ2n) is 5.26. The topological polar surface area (TPSA) is 67.4 Å². The van der Waals surface area contributed by atoms with E-state index in [0.29, 0.717) is 10.8 Å². The molecule has 22 heavy (non-hydrogen) atoms. The standard InChI is InChI=1S/C16H23ClN2O3/c1-5-10(2)18-16(21)12(4)19-15(20)9-22-14-8-6-7-13(17)11(14)3/h6-8,10,12H,5,9H2,1-4H3,(H,18,21)(H,19,20). The van der Waals surface area contributed by atoms with Gasteiger partial charge in [0.25, 0.3) is 5.91 Å². The van der Waals surface area contributed by atoms with Crippen molar-refractivity contribution in [2.75, 3.05) is 6.61 Å². The highest BCUT2D eigenvalue weighted by Gasteiger charge is 2.17. The summed E-state index contributed by atoms with van der Waals surface area (Å²) in [7, 11) is 0. The van der Waals surface area contributed by atoms with E-state index >= 15 is 0 Å². The number of hydrogen-bond donors (Lipinski definition) is 2. The van der Waals surface area contributed by atoms with E-state index in [4.69, 9.17) is 16.3 Å². The molecule has 2 N–H and O–H groups in total. The zero-order valence-corrected chi connectivity index (χ0v) is 14.2. The first-order chi connectivity index (χ1) is 10.3. The molecule has 0 aliphatic heterocycles. The minimum absolute atomic E-state index is 0.0808. The van der Waals surface area contributed by atoms with Crippen LogP contribution in [0.15, 0.2) is 18.2 Å². The fraction of sp³-hybridized carbons (Fsp3) is 0.500. The Morgan fingerprint density at radius 1 is 1.27 bits per heavy atom. The van der Waals surface area contributed by atoms with Crippen molar-refractivity contribution in [2.45, 2.75) is 46.2 Å². The summed E-state index contributed by atoms with van der Waals surface area (Å²) in [6.07, 6.45) is 0.837. The van der Waals surface area contributed by atoms with E-state index in [9.17, 15) is 9.59 Å². The highest BCUT2D eigenvalue weighted by Crippen LogP contribution is 2.24. The summed E-state index contributed by atoms with van der Waals surface area (Å²) in [5.74, 6) is -0.00725. The molecule has 1 aromatic carbocycles. The molecule has 0 fully saturated rings. The number of halogens is 1. The molecule has 0 aliphatic carbocycles. The van der Waals surface area contributed by atoms with Gasteiger partial charge in [0.05, 0.1) is 0 Å². The molecule has 6 heteroatoms. The van der Waals surface area contributed by atoms with Crippen LogP contribution in [0, 0.1) is 6.92 Å². The molecule has 0 saturated heterocycles. The Bertz CT molecular complexity index is 534. The van der Waals surface area contributed by atoms with E-state index in [2.05, 4.69) is 10.6 Å². The van der Waals surface area contributed by atoms with Crippen molar-refractivity contribution in [3.8, 4) is 5.75 Å². The molecule has 0 spiro atoms. The number of carbonyl (C=O) groups is 2. The fourth-order valence-corrected chi connectivity index (χ4v) is 1.87. The number of rotatable bonds is 7.